The molecule has 1 N–H and O–H groups in total. The average molecular weight is 528 g/mol. The van der Waals surface area contributed by atoms with Gasteiger partial charge in [0.1, 0.15) is 15.6 Å². The van der Waals surface area contributed by atoms with E-state index >= 15 is 0 Å². The first-order chi connectivity index (χ1) is 16.9. The van der Waals surface area contributed by atoms with E-state index < -0.39 is 12.1 Å². The number of thiazole rings is 1. The smallest absolute Gasteiger partial charge is 0.475 e. The largest absolute Gasteiger partial charge is 0.490 e. The van der Waals surface area contributed by atoms with Crippen molar-refractivity contribution in [1.29, 1.82) is 0 Å². The summed E-state index contributed by atoms with van der Waals surface area (Å²) in [6, 6.07) is 6.21. The van der Waals surface area contributed by atoms with Crippen LogP contribution in [-0.4, -0.2) is 89.9 Å². The number of anilines is 1. The topological polar surface area (TPSA) is 103 Å². The molecule has 0 spiro atoms. The Morgan fingerprint density at radius 2 is 1.86 bits per heavy atom. The summed E-state index contributed by atoms with van der Waals surface area (Å²) >= 11 is 1.36. The van der Waals surface area contributed by atoms with Crippen molar-refractivity contribution >= 4 is 39.9 Å². The first-order valence-corrected chi connectivity index (χ1v) is 12.0. The Balaban J connectivity index is 0.000000454. The third-order valence-electron chi connectivity index (χ3n) is 5.47. The number of rotatable bonds is 5. The molecular weight excluding hydrogens is 499 g/mol. The molecule has 1 aliphatic heterocycles. The van der Waals surface area contributed by atoms with E-state index in [-0.39, 0.29) is 5.91 Å². The molecular formula is C23H28F3N5O4S. The molecule has 13 heteroatoms. The highest BCUT2D eigenvalue weighted by molar-refractivity contribution is 7.17. The summed E-state index contributed by atoms with van der Waals surface area (Å²) in [6.45, 7) is 9.03. The van der Waals surface area contributed by atoms with E-state index in [9.17, 15) is 18.0 Å². The Bertz CT molecular complexity index is 1200. The fraction of sp³-hybridized carbons (Fsp3) is 0.478. The van der Waals surface area contributed by atoms with E-state index in [2.05, 4.69) is 46.9 Å². The van der Waals surface area contributed by atoms with Crippen molar-refractivity contribution in [1.82, 2.24) is 19.9 Å². The Kier molecular flexibility index (Phi) is 8.56. The van der Waals surface area contributed by atoms with E-state index in [1.54, 1.807) is 11.1 Å². The van der Waals surface area contributed by atoms with Gasteiger partial charge in [0, 0.05) is 51.5 Å². The van der Waals surface area contributed by atoms with Crippen LogP contribution in [0.4, 0.5) is 18.9 Å². The third kappa shape index (κ3) is 6.72. The van der Waals surface area contributed by atoms with Gasteiger partial charge in [0.15, 0.2) is 5.58 Å². The van der Waals surface area contributed by atoms with Crippen molar-refractivity contribution in [3.8, 4) is 10.7 Å². The van der Waals surface area contributed by atoms with E-state index in [1.807, 2.05) is 19.2 Å². The van der Waals surface area contributed by atoms with Crippen LogP contribution in [0.3, 0.4) is 0 Å². The van der Waals surface area contributed by atoms with Gasteiger partial charge in [0.2, 0.25) is 0 Å². The number of amides is 1. The normalized spacial score (nSPS) is 14.6. The van der Waals surface area contributed by atoms with Crippen LogP contribution in [0.15, 0.2) is 28.9 Å². The van der Waals surface area contributed by atoms with Gasteiger partial charge in [-0.05, 0) is 25.1 Å². The van der Waals surface area contributed by atoms with Gasteiger partial charge in [-0.25, -0.2) is 9.78 Å². The van der Waals surface area contributed by atoms with Crippen molar-refractivity contribution in [3.05, 3.63) is 29.3 Å². The molecule has 9 nitrogen and oxygen atoms in total. The van der Waals surface area contributed by atoms with E-state index in [1.165, 1.54) is 11.3 Å². The number of halogens is 3. The zero-order chi connectivity index (χ0) is 26.6. The third-order valence-corrected chi connectivity index (χ3v) is 6.46. The quantitative estimate of drug-likeness (QED) is 0.530. The van der Waals surface area contributed by atoms with Crippen LogP contribution in [0.25, 0.3) is 21.7 Å². The summed E-state index contributed by atoms with van der Waals surface area (Å²) in [5.74, 6) is -2.34. The number of hydrogen-bond donors (Lipinski definition) is 1. The van der Waals surface area contributed by atoms with Crippen molar-refractivity contribution in [2.45, 2.75) is 20.0 Å². The Morgan fingerprint density at radius 1 is 1.22 bits per heavy atom. The molecule has 1 aliphatic rings. The number of alkyl halides is 3. The van der Waals surface area contributed by atoms with Crippen LogP contribution < -0.4 is 4.90 Å². The Morgan fingerprint density at radius 3 is 2.44 bits per heavy atom. The van der Waals surface area contributed by atoms with Gasteiger partial charge in [0.25, 0.3) is 5.91 Å². The second kappa shape index (κ2) is 11.2. The van der Waals surface area contributed by atoms with Gasteiger partial charge >= 0.3 is 12.1 Å². The monoisotopic (exact) mass is 527 g/mol. The number of benzene rings is 1. The van der Waals surface area contributed by atoms with Crippen molar-refractivity contribution in [3.63, 3.8) is 0 Å². The molecule has 3 aromatic rings. The first-order valence-electron chi connectivity index (χ1n) is 11.2. The number of carboxylic acids is 1. The number of carbonyl (C=O) groups excluding carboxylic acids is 1. The van der Waals surface area contributed by atoms with E-state index in [4.69, 9.17) is 14.4 Å². The number of fused-ring (bicyclic) bond motifs is 1. The van der Waals surface area contributed by atoms with Crippen LogP contribution >= 0.6 is 11.3 Å². The maximum absolute atomic E-state index is 12.6. The minimum atomic E-state index is -5.08. The molecule has 4 rings (SSSR count). The zero-order valence-corrected chi connectivity index (χ0v) is 21.2. The minimum Gasteiger partial charge on any atom is -0.475 e. The molecule has 36 heavy (non-hydrogen) atoms. The predicted octanol–water partition coefficient (Wildman–Crippen LogP) is 4.06. The predicted molar refractivity (Wildman–Crippen MR) is 130 cm³/mol. The summed E-state index contributed by atoms with van der Waals surface area (Å²) in [6.07, 6.45) is -3.45. The van der Waals surface area contributed by atoms with Crippen molar-refractivity contribution in [2.24, 2.45) is 5.92 Å². The fourth-order valence-corrected chi connectivity index (χ4v) is 4.55. The van der Waals surface area contributed by atoms with Crippen LogP contribution in [0.1, 0.15) is 23.5 Å². The lowest BCUT2D eigenvalue weighted by atomic mass is 10.1. The van der Waals surface area contributed by atoms with E-state index in [0.717, 1.165) is 42.8 Å². The van der Waals surface area contributed by atoms with Gasteiger partial charge in [-0.15, -0.1) is 11.3 Å². The SMILES string of the molecule is CC(C)CN(C)C(=O)c1cnc(-c2noc3cc(N4CCN(C)CC4)ccc23)s1.O=C(O)C(F)(F)F. The Labute approximate surface area is 210 Å². The first kappa shape index (κ1) is 27.4. The molecule has 1 saturated heterocycles. The molecule has 1 amide bonds. The molecule has 196 valence electrons. The maximum Gasteiger partial charge on any atom is 0.490 e. The highest BCUT2D eigenvalue weighted by atomic mass is 32.1. The standard InChI is InChI=1S/C21H27N5O2S.C2HF3O2/c1-14(2)13-25(4)21(27)18-12-22-20(29-18)19-16-6-5-15(11-17(16)28-23-19)26-9-7-24(3)8-10-26;3-2(4,5)1(6)7/h5-6,11-12,14H,7-10,13H2,1-4H3;(H,6,7). The molecule has 1 fully saturated rings. The summed E-state index contributed by atoms with van der Waals surface area (Å²) in [7, 11) is 3.98. The number of piperazine rings is 1. The van der Waals surface area contributed by atoms with Gasteiger partial charge < -0.3 is 24.3 Å². The van der Waals surface area contributed by atoms with Crippen LogP contribution in [0.2, 0.25) is 0 Å². The summed E-state index contributed by atoms with van der Waals surface area (Å²) < 4.78 is 37.3. The zero-order valence-electron chi connectivity index (χ0n) is 20.4. The number of hydrogen-bond acceptors (Lipinski definition) is 8. The maximum atomic E-state index is 12.6. The molecule has 0 bridgehead atoms. The summed E-state index contributed by atoms with van der Waals surface area (Å²) in [4.78, 5) is 33.0. The molecule has 0 unspecified atom stereocenters. The molecule has 0 radical (unpaired) electrons. The highest BCUT2D eigenvalue weighted by Gasteiger charge is 2.38. The number of nitrogens with zero attached hydrogens (tertiary/aromatic N) is 5. The van der Waals surface area contributed by atoms with Crippen LogP contribution in [-0.2, 0) is 4.79 Å². The highest BCUT2D eigenvalue weighted by Crippen LogP contribution is 2.33. The minimum absolute atomic E-state index is 0.00685. The molecule has 0 atom stereocenters. The van der Waals surface area contributed by atoms with Crippen molar-refractivity contribution in [2.75, 3.05) is 51.7 Å². The number of aliphatic carboxylic acids is 1. The molecule has 0 saturated carbocycles. The second-order valence-corrected chi connectivity index (χ2v) is 9.94. The summed E-state index contributed by atoms with van der Waals surface area (Å²) in [5.41, 5.74) is 2.59. The molecule has 1 aromatic carbocycles. The molecule has 0 aliphatic carbocycles. The van der Waals surface area contributed by atoms with Gasteiger partial charge in [-0.3, -0.25) is 4.79 Å². The van der Waals surface area contributed by atoms with Gasteiger partial charge in [0.05, 0.1) is 11.6 Å². The number of likely N-dealkylation sites (N-methyl/N-ethyl adjacent to an activating group) is 1. The van der Waals surface area contributed by atoms with E-state index in [0.29, 0.717) is 28.0 Å². The lowest BCUT2D eigenvalue weighted by molar-refractivity contribution is -0.192. The fourth-order valence-electron chi connectivity index (χ4n) is 3.64. The average Bonchev–Trinajstić information content (AvgIpc) is 3.45. The van der Waals surface area contributed by atoms with Crippen LogP contribution in [0.5, 0.6) is 0 Å². The number of carbonyl (C=O) groups is 2. The van der Waals surface area contributed by atoms with Gasteiger partial charge in [-0.1, -0.05) is 19.0 Å². The number of aromatic nitrogens is 2. The Hall–Kier alpha value is -3.19. The van der Waals surface area contributed by atoms with Gasteiger partial charge in [-0.2, -0.15) is 13.2 Å². The second-order valence-electron chi connectivity index (χ2n) is 8.91. The molecule has 3 heterocycles. The lowest BCUT2D eigenvalue weighted by Gasteiger charge is -2.33. The number of carboxylic acid groups (broad SMARTS) is 1. The van der Waals surface area contributed by atoms with Crippen molar-refractivity contribution < 1.29 is 32.4 Å². The lowest BCUT2D eigenvalue weighted by Crippen LogP contribution is -2.44. The summed E-state index contributed by atoms with van der Waals surface area (Å²) in [5, 5.41) is 13.0. The van der Waals surface area contributed by atoms with Crippen LogP contribution in [0, 0.1) is 5.92 Å². The molecule has 2 aromatic heterocycles.